The van der Waals surface area contributed by atoms with Crippen molar-refractivity contribution in [2.75, 3.05) is 0 Å². The van der Waals surface area contributed by atoms with Crippen molar-refractivity contribution in [1.82, 2.24) is 0 Å². The Morgan fingerprint density at radius 2 is 1.29 bits per heavy atom. The average Bonchev–Trinajstić information content (AvgIpc) is 2.53. The van der Waals surface area contributed by atoms with Gasteiger partial charge in [-0.25, -0.2) is 8.78 Å². The summed E-state index contributed by atoms with van der Waals surface area (Å²) in [6.07, 6.45) is 0.900. The fourth-order valence-electron chi connectivity index (χ4n) is 4.81. The Hall–Kier alpha value is -0.680. The number of rotatable bonds is 2. The Balaban J connectivity index is 1.99. The number of hydrogen-bond acceptors (Lipinski definition) is 0. The Morgan fingerprint density at radius 3 is 1.79 bits per heavy atom. The molecule has 0 aromatic carbocycles. The molecule has 0 nitrogen and oxygen atoms in total. The van der Waals surface area contributed by atoms with Gasteiger partial charge >= 0.3 is 11.8 Å². The van der Waals surface area contributed by atoms with Crippen molar-refractivity contribution >= 4 is 0 Å². The third kappa shape index (κ3) is 2.13. The molecule has 0 aliphatic heterocycles. The highest BCUT2D eigenvalue weighted by Gasteiger charge is 2.81. The molecule has 24 heavy (non-hydrogen) atoms. The van der Waals surface area contributed by atoms with Gasteiger partial charge in [0.15, 0.2) is 0 Å². The molecule has 0 unspecified atom stereocenters. The summed E-state index contributed by atoms with van der Waals surface area (Å²) >= 11 is 0. The van der Waals surface area contributed by atoms with Crippen LogP contribution in [-0.2, 0) is 0 Å². The van der Waals surface area contributed by atoms with E-state index in [1.54, 1.807) is 0 Å². The van der Waals surface area contributed by atoms with E-state index in [1.165, 1.54) is 0 Å². The number of alkyl halides is 4. The summed E-state index contributed by atoms with van der Waals surface area (Å²) < 4.78 is 87.5. The van der Waals surface area contributed by atoms with Crippen LogP contribution in [0.25, 0.3) is 0 Å². The molecule has 4 fully saturated rings. The molecule has 138 valence electrons. The molecule has 0 amide bonds. The Morgan fingerprint density at radius 1 is 0.792 bits per heavy atom. The van der Waals surface area contributed by atoms with E-state index in [2.05, 4.69) is 0 Å². The van der Waals surface area contributed by atoms with Crippen LogP contribution in [0.5, 0.6) is 0 Å². The molecule has 2 bridgehead atoms. The summed E-state index contributed by atoms with van der Waals surface area (Å²) in [6.45, 7) is 3.13. The minimum Gasteiger partial charge on any atom is -0.209 e. The van der Waals surface area contributed by atoms with E-state index in [0.29, 0.717) is 31.6 Å². The highest BCUT2D eigenvalue weighted by Crippen LogP contribution is 2.72. The van der Waals surface area contributed by atoms with Gasteiger partial charge in [0.05, 0.1) is 5.41 Å². The zero-order valence-corrected chi connectivity index (χ0v) is 14.1. The zero-order chi connectivity index (χ0) is 18.0. The Labute approximate surface area is 138 Å². The van der Waals surface area contributed by atoms with Crippen LogP contribution >= 0.6 is 0 Å². The van der Waals surface area contributed by atoms with Gasteiger partial charge < -0.3 is 0 Å². The maximum atomic E-state index is 14.9. The largest absolute Gasteiger partial charge is 0.322 e. The lowest BCUT2D eigenvalue weighted by Gasteiger charge is -2.59. The maximum absolute atomic E-state index is 14.9. The Kier molecular flexibility index (Phi) is 4.08. The first kappa shape index (κ1) is 18.1. The fraction of sp³-hybridized carbons (Fsp3) is 0.889. The van der Waals surface area contributed by atoms with Crippen LogP contribution in [0.2, 0.25) is 0 Å². The summed E-state index contributed by atoms with van der Waals surface area (Å²) in [7, 11) is 0. The molecule has 4 aliphatic rings. The highest BCUT2D eigenvalue weighted by molar-refractivity contribution is 5.28. The minimum absolute atomic E-state index is 0.210. The molecule has 0 aromatic heterocycles. The molecule has 0 radical (unpaired) electrons. The second-order valence-electron chi connectivity index (χ2n) is 8.41. The van der Waals surface area contributed by atoms with Crippen LogP contribution in [0, 0.1) is 22.7 Å². The van der Waals surface area contributed by atoms with E-state index in [4.69, 9.17) is 0 Å². The maximum Gasteiger partial charge on any atom is 0.322 e. The fourth-order valence-corrected chi connectivity index (χ4v) is 4.81. The molecule has 6 heteroatoms. The molecular weight excluding hydrogens is 330 g/mol. The second-order valence-corrected chi connectivity index (χ2v) is 8.41. The van der Waals surface area contributed by atoms with Gasteiger partial charge in [0, 0.05) is 11.3 Å². The van der Waals surface area contributed by atoms with Gasteiger partial charge in [-0.15, -0.1) is 0 Å². The SMILES string of the molecule is CC1CCC(/C(F)=C(\F)C23CCC(C)(CC2)C(F)(F)C3(F)F)CC1. The predicted octanol–water partition coefficient (Wildman–Crippen LogP) is 6.81. The number of hydrogen-bond donors (Lipinski definition) is 0. The van der Waals surface area contributed by atoms with E-state index in [9.17, 15) is 26.3 Å². The molecule has 0 saturated heterocycles. The van der Waals surface area contributed by atoms with E-state index >= 15 is 0 Å². The lowest BCUT2D eigenvalue weighted by Crippen LogP contribution is -2.68. The quantitative estimate of drug-likeness (QED) is 0.478. The average molecular weight is 354 g/mol. The molecule has 0 N–H and O–H groups in total. The van der Waals surface area contributed by atoms with E-state index in [-0.39, 0.29) is 12.8 Å². The van der Waals surface area contributed by atoms with Gasteiger partial charge in [-0.2, -0.15) is 17.6 Å². The number of halogens is 6. The summed E-state index contributed by atoms with van der Waals surface area (Å²) in [5, 5.41) is 0. The van der Waals surface area contributed by atoms with Crippen molar-refractivity contribution in [3.63, 3.8) is 0 Å². The monoisotopic (exact) mass is 354 g/mol. The van der Waals surface area contributed by atoms with E-state index < -0.39 is 53.1 Å². The normalized spacial score (nSPS) is 45.0. The van der Waals surface area contributed by atoms with Crippen molar-refractivity contribution in [2.45, 2.75) is 77.1 Å². The van der Waals surface area contributed by atoms with Crippen LogP contribution < -0.4 is 0 Å². The van der Waals surface area contributed by atoms with Crippen LogP contribution in [0.4, 0.5) is 26.3 Å². The molecule has 0 heterocycles. The second kappa shape index (κ2) is 5.41. The van der Waals surface area contributed by atoms with E-state index in [0.717, 1.165) is 6.92 Å². The number of fused-ring (bicyclic) bond motifs is 3. The lowest BCUT2D eigenvalue weighted by molar-refractivity contribution is -0.357. The first-order valence-corrected chi connectivity index (χ1v) is 8.80. The van der Waals surface area contributed by atoms with Crippen LogP contribution in [0.3, 0.4) is 0 Å². The van der Waals surface area contributed by atoms with Crippen molar-refractivity contribution in [1.29, 1.82) is 0 Å². The number of allylic oxidation sites excluding steroid dienone is 2. The van der Waals surface area contributed by atoms with Gasteiger partial charge in [-0.05, 0) is 44.4 Å². The predicted molar refractivity (Wildman–Crippen MR) is 79.3 cm³/mol. The first-order valence-electron chi connectivity index (χ1n) is 8.80. The van der Waals surface area contributed by atoms with Gasteiger partial charge in [-0.3, -0.25) is 0 Å². The zero-order valence-electron chi connectivity index (χ0n) is 14.1. The Bertz CT molecular complexity index is 534. The minimum atomic E-state index is -4.56. The van der Waals surface area contributed by atoms with Gasteiger partial charge in [0.25, 0.3) is 0 Å². The molecule has 0 aromatic rings. The summed E-state index contributed by atoms with van der Waals surface area (Å²) in [4.78, 5) is 0. The summed E-state index contributed by atoms with van der Waals surface area (Å²) in [5.74, 6) is -12.1. The third-order valence-corrected chi connectivity index (χ3v) is 6.96. The standard InChI is InChI=1S/C18H24F6/c1-11-3-5-12(6-4-11)13(19)14(20)16-9-7-15(2,8-10-16)17(21,22)18(16,23)24/h11-12H,3-10H2,1-2H3/b14-13+. The van der Waals surface area contributed by atoms with Crippen molar-refractivity contribution in [3.8, 4) is 0 Å². The van der Waals surface area contributed by atoms with Crippen LogP contribution in [-0.4, -0.2) is 11.8 Å². The summed E-state index contributed by atoms with van der Waals surface area (Å²) in [6, 6.07) is 0. The topological polar surface area (TPSA) is 0 Å². The van der Waals surface area contributed by atoms with Crippen molar-refractivity contribution < 1.29 is 26.3 Å². The van der Waals surface area contributed by atoms with Crippen molar-refractivity contribution in [2.24, 2.45) is 22.7 Å². The first-order chi connectivity index (χ1) is 11.0. The van der Waals surface area contributed by atoms with Crippen LogP contribution in [0.1, 0.15) is 65.2 Å². The van der Waals surface area contributed by atoms with Crippen LogP contribution in [0.15, 0.2) is 11.7 Å². The van der Waals surface area contributed by atoms with Gasteiger partial charge in [0.2, 0.25) is 0 Å². The third-order valence-electron chi connectivity index (χ3n) is 6.96. The van der Waals surface area contributed by atoms with Gasteiger partial charge in [-0.1, -0.05) is 26.7 Å². The molecule has 0 atom stereocenters. The highest BCUT2D eigenvalue weighted by atomic mass is 19.3. The molecule has 4 rings (SSSR count). The van der Waals surface area contributed by atoms with E-state index in [1.807, 2.05) is 6.92 Å². The lowest BCUT2D eigenvalue weighted by atomic mass is 9.49. The van der Waals surface area contributed by atoms with Crippen molar-refractivity contribution in [3.05, 3.63) is 11.7 Å². The summed E-state index contributed by atoms with van der Waals surface area (Å²) in [5.41, 5.74) is -4.52. The smallest absolute Gasteiger partial charge is 0.209 e. The molecule has 0 spiro atoms. The molecular formula is C18H24F6. The molecule has 4 aliphatic carbocycles. The molecule has 4 saturated carbocycles. The van der Waals surface area contributed by atoms with Gasteiger partial charge in [0.1, 0.15) is 11.7 Å².